The van der Waals surface area contributed by atoms with E-state index in [0.29, 0.717) is 23.1 Å². The van der Waals surface area contributed by atoms with E-state index in [1.165, 1.54) is 12.1 Å². The number of hydrogen-bond donors (Lipinski definition) is 1. The maximum absolute atomic E-state index is 13.0. The van der Waals surface area contributed by atoms with Gasteiger partial charge in [0.2, 0.25) is 10.0 Å². The van der Waals surface area contributed by atoms with E-state index >= 15 is 0 Å². The minimum Gasteiger partial charge on any atom is -0.380 e. The van der Waals surface area contributed by atoms with Crippen LogP contribution in [0.1, 0.15) is 12.0 Å². The molecule has 1 saturated heterocycles. The van der Waals surface area contributed by atoms with Crippen LogP contribution in [0.25, 0.3) is 0 Å². The van der Waals surface area contributed by atoms with E-state index < -0.39 is 21.1 Å². The topological polar surface area (TPSA) is 55.4 Å². The third kappa shape index (κ3) is 3.28. The van der Waals surface area contributed by atoms with Crippen LogP contribution in [0.3, 0.4) is 0 Å². The second-order valence-electron chi connectivity index (χ2n) is 4.09. The molecule has 0 unspecified atom stereocenters. The summed E-state index contributed by atoms with van der Waals surface area (Å²) in [7, 11) is -3.41. The van der Waals surface area contributed by atoms with E-state index in [4.69, 9.17) is 4.74 Å². The monoisotopic (exact) mass is 337 g/mol. The normalized spacial score (nSPS) is 20.2. The molecular formula is C11H13BrFNO3S. The molecule has 7 heteroatoms. The lowest BCUT2D eigenvalue weighted by Gasteiger charge is -2.12. The van der Waals surface area contributed by atoms with Gasteiger partial charge in [-0.1, -0.05) is 15.9 Å². The van der Waals surface area contributed by atoms with E-state index in [1.54, 1.807) is 6.07 Å². The van der Waals surface area contributed by atoms with Gasteiger partial charge in [-0.2, -0.15) is 0 Å². The van der Waals surface area contributed by atoms with Crippen molar-refractivity contribution in [2.45, 2.75) is 18.2 Å². The van der Waals surface area contributed by atoms with Crippen LogP contribution in [0, 0.1) is 5.82 Å². The summed E-state index contributed by atoms with van der Waals surface area (Å²) in [5.74, 6) is -0.392. The maximum atomic E-state index is 13.0. The Balaban J connectivity index is 2.04. The molecule has 1 aliphatic heterocycles. The molecular weight excluding hydrogens is 325 g/mol. The Hall–Kier alpha value is -0.500. The van der Waals surface area contributed by atoms with Gasteiger partial charge in [-0.05, 0) is 30.2 Å². The SMILES string of the molecule is O=S(=O)(NCc1cc(F)ccc1Br)[C@H]1CCOC1. The third-order valence-corrected chi connectivity index (χ3v) is 5.37. The number of nitrogens with one attached hydrogen (secondary N) is 1. The first-order chi connectivity index (χ1) is 8.49. The second-order valence-corrected chi connectivity index (χ2v) is 6.99. The average Bonchev–Trinajstić information content (AvgIpc) is 2.85. The van der Waals surface area contributed by atoms with Gasteiger partial charge in [0.15, 0.2) is 0 Å². The highest BCUT2D eigenvalue weighted by molar-refractivity contribution is 9.10. The summed E-state index contributed by atoms with van der Waals surface area (Å²) in [6.45, 7) is 0.756. The zero-order chi connectivity index (χ0) is 13.2. The van der Waals surface area contributed by atoms with Crippen LogP contribution in [0.4, 0.5) is 4.39 Å². The van der Waals surface area contributed by atoms with Crippen molar-refractivity contribution in [2.75, 3.05) is 13.2 Å². The fraction of sp³-hybridized carbons (Fsp3) is 0.455. The van der Waals surface area contributed by atoms with Crippen molar-refractivity contribution in [1.82, 2.24) is 4.72 Å². The predicted octanol–water partition coefficient (Wildman–Crippen LogP) is 1.80. The first-order valence-corrected chi connectivity index (χ1v) is 7.83. The van der Waals surface area contributed by atoms with Gasteiger partial charge in [-0.3, -0.25) is 0 Å². The highest BCUT2D eigenvalue weighted by atomic mass is 79.9. The molecule has 18 heavy (non-hydrogen) atoms. The minimum absolute atomic E-state index is 0.0666. The molecule has 1 aromatic carbocycles. The van der Waals surface area contributed by atoms with Crippen LogP contribution in [0.2, 0.25) is 0 Å². The van der Waals surface area contributed by atoms with Gasteiger partial charge in [-0.15, -0.1) is 0 Å². The Morgan fingerprint density at radius 3 is 2.94 bits per heavy atom. The van der Waals surface area contributed by atoms with E-state index in [-0.39, 0.29) is 13.2 Å². The van der Waals surface area contributed by atoms with Crippen molar-refractivity contribution in [3.05, 3.63) is 34.1 Å². The molecule has 1 aromatic rings. The summed E-state index contributed by atoms with van der Waals surface area (Å²) in [5.41, 5.74) is 0.567. The maximum Gasteiger partial charge on any atom is 0.217 e. The number of ether oxygens (including phenoxy) is 1. The predicted molar refractivity (Wildman–Crippen MR) is 69.1 cm³/mol. The van der Waals surface area contributed by atoms with Crippen molar-refractivity contribution >= 4 is 26.0 Å². The molecule has 0 aliphatic carbocycles. The summed E-state index contributed by atoms with van der Waals surface area (Å²) in [5, 5.41) is -0.509. The molecule has 0 bridgehead atoms. The van der Waals surface area contributed by atoms with Gasteiger partial charge in [0, 0.05) is 17.6 Å². The lowest BCUT2D eigenvalue weighted by molar-refractivity contribution is 0.198. The number of rotatable bonds is 4. The molecule has 2 rings (SSSR count). The molecule has 0 amide bonds. The number of benzene rings is 1. The molecule has 1 fully saturated rings. The largest absolute Gasteiger partial charge is 0.380 e. The summed E-state index contributed by atoms with van der Waals surface area (Å²) >= 11 is 3.26. The van der Waals surface area contributed by atoms with Gasteiger partial charge in [0.1, 0.15) is 11.1 Å². The molecule has 100 valence electrons. The van der Waals surface area contributed by atoms with Gasteiger partial charge in [-0.25, -0.2) is 17.5 Å². The minimum atomic E-state index is -3.41. The highest BCUT2D eigenvalue weighted by Gasteiger charge is 2.29. The molecule has 1 aliphatic rings. The summed E-state index contributed by atoms with van der Waals surface area (Å²) in [6, 6.07) is 4.17. The second kappa shape index (κ2) is 5.64. The Kier molecular flexibility index (Phi) is 4.37. The summed E-state index contributed by atoms with van der Waals surface area (Å²) < 4.78 is 45.1. The zero-order valence-corrected chi connectivity index (χ0v) is 11.9. The molecule has 1 heterocycles. The average molecular weight is 338 g/mol. The zero-order valence-electron chi connectivity index (χ0n) is 9.53. The smallest absolute Gasteiger partial charge is 0.217 e. The molecule has 0 saturated carbocycles. The lowest BCUT2D eigenvalue weighted by Crippen LogP contribution is -2.34. The van der Waals surface area contributed by atoms with Gasteiger partial charge in [0.25, 0.3) is 0 Å². The van der Waals surface area contributed by atoms with Crippen molar-refractivity contribution < 1.29 is 17.5 Å². The summed E-state index contributed by atoms with van der Waals surface area (Å²) in [6.07, 6.45) is 0.500. The van der Waals surface area contributed by atoms with Gasteiger partial charge < -0.3 is 4.74 Å². The van der Waals surface area contributed by atoms with Crippen molar-refractivity contribution in [3.8, 4) is 0 Å². The van der Waals surface area contributed by atoms with Crippen LogP contribution < -0.4 is 4.72 Å². The Labute approximate surface area is 114 Å². The molecule has 0 radical (unpaired) electrons. The fourth-order valence-corrected chi connectivity index (χ4v) is 3.39. The van der Waals surface area contributed by atoms with Crippen LogP contribution in [0.5, 0.6) is 0 Å². The van der Waals surface area contributed by atoms with Gasteiger partial charge in [0.05, 0.1) is 6.61 Å². The van der Waals surface area contributed by atoms with Crippen LogP contribution in [0.15, 0.2) is 22.7 Å². The van der Waals surface area contributed by atoms with Crippen LogP contribution in [-0.2, 0) is 21.3 Å². The Morgan fingerprint density at radius 1 is 1.50 bits per heavy atom. The third-order valence-electron chi connectivity index (χ3n) is 2.80. The highest BCUT2D eigenvalue weighted by Crippen LogP contribution is 2.19. The number of sulfonamides is 1. The number of hydrogen-bond acceptors (Lipinski definition) is 3. The molecule has 0 spiro atoms. The van der Waals surface area contributed by atoms with Crippen molar-refractivity contribution in [2.24, 2.45) is 0 Å². The van der Waals surface area contributed by atoms with Crippen molar-refractivity contribution in [1.29, 1.82) is 0 Å². The first-order valence-electron chi connectivity index (χ1n) is 5.49. The van der Waals surface area contributed by atoms with E-state index in [1.807, 2.05) is 0 Å². The lowest BCUT2D eigenvalue weighted by atomic mass is 10.2. The van der Waals surface area contributed by atoms with Crippen LogP contribution >= 0.6 is 15.9 Å². The first kappa shape index (κ1) is 13.9. The molecule has 1 N–H and O–H groups in total. The Bertz CT molecular complexity index is 529. The van der Waals surface area contributed by atoms with E-state index in [9.17, 15) is 12.8 Å². The summed E-state index contributed by atoms with van der Waals surface area (Å²) in [4.78, 5) is 0. The van der Waals surface area contributed by atoms with E-state index in [2.05, 4.69) is 20.7 Å². The number of halogens is 2. The van der Waals surface area contributed by atoms with Crippen LogP contribution in [-0.4, -0.2) is 26.9 Å². The fourth-order valence-electron chi connectivity index (χ4n) is 1.73. The molecule has 1 atom stereocenters. The molecule has 4 nitrogen and oxygen atoms in total. The standard InChI is InChI=1S/C11H13BrFNO3S/c12-11-2-1-9(13)5-8(11)6-14-18(15,16)10-3-4-17-7-10/h1-2,5,10,14H,3-4,6-7H2/t10-/m0/s1. The van der Waals surface area contributed by atoms with E-state index in [0.717, 1.165) is 0 Å². The Morgan fingerprint density at radius 2 is 2.28 bits per heavy atom. The van der Waals surface area contributed by atoms with Crippen molar-refractivity contribution in [3.63, 3.8) is 0 Å². The quantitative estimate of drug-likeness (QED) is 0.911. The van der Waals surface area contributed by atoms with Gasteiger partial charge >= 0.3 is 0 Å². The molecule has 0 aromatic heterocycles.